The van der Waals surface area contributed by atoms with Crippen molar-refractivity contribution in [1.82, 2.24) is 10.6 Å². The number of carbonyl (C=O) groups excluding carboxylic acids is 2. The SMILES string of the molecule is C[N+](C)(CCC[N+](C)(C)CC(=O)NCCC(F)(F)C(F)(F)C(F)(F)C(F)(F)C(F)(F)C(F)(F)F)CC(=O)NCCC(F)(F)C(F)(F)C(F)(F)C(F)(F)C(F)(F)C(F)(F)F.[Br-].[Br-]. The Hall–Kier alpha value is -2.00. The van der Waals surface area contributed by atoms with Crippen LogP contribution in [0.4, 0.5) is 114 Å². The molecule has 2 N–H and O–H groups in total. The fourth-order valence-corrected chi connectivity index (χ4v) is 4.61. The fourth-order valence-electron chi connectivity index (χ4n) is 4.61. The van der Waals surface area contributed by atoms with Crippen molar-refractivity contribution in [2.24, 2.45) is 0 Å². The van der Waals surface area contributed by atoms with E-state index < -0.39 is 131 Å². The van der Waals surface area contributed by atoms with Gasteiger partial charge in [0.2, 0.25) is 0 Å². The molecule has 61 heavy (non-hydrogen) atoms. The van der Waals surface area contributed by atoms with Gasteiger partial charge in [-0.05, 0) is 0 Å². The molecule has 0 aliphatic heterocycles. The largest absolute Gasteiger partial charge is 1.00 e. The maximum atomic E-state index is 13.9. The molecule has 0 aromatic rings. The van der Waals surface area contributed by atoms with Crippen LogP contribution in [0, 0.1) is 0 Å². The first kappa shape index (κ1) is 63.3. The van der Waals surface area contributed by atoms with E-state index in [4.69, 9.17) is 0 Å². The average molecular weight is 1100 g/mol. The van der Waals surface area contributed by atoms with E-state index in [9.17, 15) is 124 Å². The Balaban J connectivity index is -0.0000168. The van der Waals surface area contributed by atoms with Crippen molar-refractivity contribution < 1.29 is 167 Å². The van der Waals surface area contributed by atoms with Crippen molar-refractivity contribution in [3.8, 4) is 0 Å². The summed E-state index contributed by atoms with van der Waals surface area (Å²) in [5, 5.41) is 2.94. The molecule has 0 aliphatic carbocycles. The maximum absolute atomic E-state index is 13.9. The summed E-state index contributed by atoms with van der Waals surface area (Å²) >= 11 is 0. The smallest absolute Gasteiger partial charge is 0.460 e. The van der Waals surface area contributed by atoms with E-state index in [1.165, 1.54) is 38.8 Å². The van der Waals surface area contributed by atoms with Gasteiger partial charge in [-0.25, -0.2) is 0 Å². The number of quaternary nitrogens is 2. The molecule has 0 aromatic carbocycles. The van der Waals surface area contributed by atoms with Gasteiger partial charge in [0.05, 0.1) is 41.3 Å². The summed E-state index contributed by atoms with van der Waals surface area (Å²) in [6.45, 7) is -5.51. The number of rotatable bonds is 22. The van der Waals surface area contributed by atoms with Crippen molar-refractivity contribution in [2.75, 3.05) is 67.5 Å². The molecule has 0 saturated carbocycles. The van der Waals surface area contributed by atoms with Gasteiger partial charge < -0.3 is 53.6 Å². The van der Waals surface area contributed by atoms with Gasteiger partial charge in [0.1, 0.15) is 0 Å². The molecule has 0 bridgehead atoms. The topological polar surface area (TPSA) is 58.2 Å². The van der Waals surface area contributed by atoms with Gasteiger partial charge in [-0.2, -0.15) is 114 Å². The minimum atomic E-state index is -8.11. The molecule has 0 saturated heterocycles. The fraction of sp³-hybridized carbons (Fsp3) is 0.926. The number of amides is 2. The van der Waals surface area contributed by atoms with E-state index in [2.05, 4.69) is 0 Å². The zero-order chi connectivity index (χ0) is 47.9. The molecule has 0 rings (SSSR count). The van der Waals surface area contributed by atoms with Gasteiger partial charge in [0.15, 0.2) is 13.1 Å². The Morgan fingerprint density at radius 1 is 0.377 bits per heavy atom. The van der Waals surface area contributed by atoms with Gasteiger partial charge in [0, 0.05) is 32.4 Å². The van der Waals surface area contributed by atoms with E-state index in [1.54, 1.807) is 0 Å². The summed E-state index contributed by atoms with van der Waals surface area (Å²) in [5.41, 5.74) is 0. The second-order valence-corrected chi connectivity index (χ2v) is 14.2. The van der Waals surface area contributed by atoms with Crippen molar-refractivity contribution in [3.05, 3.63) is 0 Å². The van der Waals surface area contributed by atoms with Gasteiger partial charge in [0.25, 0.3) is 11.8 Å². The molecule has 0 unspecified atom stereocenters. The Morgan fingerprint density at radius 3 is 0.803 bits per heavy atom. The standard InChI is InChI=1S/C27H30F26N4O2.2BrH/c1-56(2,12-14(58)54-8-6-16(28,29)18(32,33)20(36,37)22(40,41)24(44,45)26(48,49)50)10-5-11-57(3,4)13-15(59)55-9-7-17(30,31)19(34,35)21(38,39)23(42,43)25(46,47)27(51,52)53;;/h5-13H2,1-4H3;2*1H. The van der Waals surface area contributed by atoms with Crippen LogP contribution in [0.1, 0.15) is 19.3 Å². The summed E-state index contributed by atoms with van der Waals surface area (Å²) in [6, 6.07) is 0. The van der Waals surface area contributed by atoms with Crippen LogP contribution in [0.2, 0.25) is 0 Å². The molecular weight excluding hydrogens is 1070 g/mol. The Kier molecular flexibility index (Phi) is 19.9. The molecule has 0 heterocycles. The minimum Gasteiger partial charge on any atom is -1.00 e. The molecule has 0 atom stereocenters. The van der Waals surface area contributed by atoms with Gasteiger partial charge in [-0.15, -0.1) is 0 Å². The van der Waals surface area contributed by atoms with Crippen molar-refractivity contribution >= 4 is 11.8 Å². The van der Waals surface area contributed by atoms with Crippen LogP contribution < -0.4 is 44.6 Å². The molecular formula is C27H32Br2F26N4O2. The number of hydrogen-bond donors (Lipinski definition) is 2. The highest BCUT2D eigenvalue weighted by Crippen LogP contribution is 2.62. The predicted molar refractivity (Wildman–Crippen MR) is 145 cm³/mol. The zero-order valence-corrected chi connectivity index (χ0v) is 33.8. The molecule has 2 amide bonds. The third-order valence-electron chi connectivity index (χ3n) is 8.19. The lowest BCUT2D eigenvalue weighted by Crippen LogP contribution is -3.00. The lowest BCUT2D eigenvalue weighted by atomic mass is 9.92. The maximum Gasteiger partial charge on any atom is 0.460 e. The number of alkyl halides is 26. The number of nitrogens with one attached hydrogen (secondary N) is 2. The van der Waals surface area contributed by atoms with Crippen molar-refractivity contribution in [1.29, 1.82) is 0 Å². The second-order valence-electron chi connectivity index (χ2n) is 14.2. The number of likely N-dealkylation sites (N-methyl/N-ethyl adjacent to an activating group) is 2. The van der Waals surface area contributed by atoms with Crippen molar-refractivity contribution in [3.63, 3.8) is 0 Å². The number of carbonyl (C=O) groups is 2. The summed E-state index contributed by atoms with van der Waals surface area (Å²) in [5.74, 6) is -78.9. The van der Waals surface area contributed by atoms with Crippen LogP contribution in [0.15, 0.2) is 0 Å². The molecule has 368 valence electrons. The minimum absolute atomic E-state index is 0. The number of hydrogen-bond acceptors (Lipinski definition) is 2. The van der Waals surface area contributed by atoms with E-state index in [0.717, 1.165) is 0 Å². The quantitative estimate of drug-likeness (QED) is 0.129. The number of halogens is 28. The Labute approximate surface area is 347 Å². The van der Waals surface area contributed by atoms with Crippen molar-refractivity contribution in [2.45, 2.75) is 90.8 Å². The van der Waals surface area contributed by atoms with E-state index in [-0.39, 0.29) is 53.5 Å². The normalized spacial score (nSPS) is 15.2. The average Bonchev–Trinajstić information content (AvgIpc) is 2.98. The molecule has 6 nitrogen and oxygen atoms in total. The third kappa shape index (κ3) is 12.6. The lowest BCUT2D eigenvalue weighted by molar-refractivity contribution is -0.901. The van der Waals surface area contributed by atoms with Gasteiger partial charge in [-0.1, -0.05) is 0 Å². The van der Waals surface area contributed by atoms with Gasteiger partial charge in [-0.3, -0.25) is 9.59 Å². The monoisotopic (exact) mass is 1100 g/mol. The molecule has 0 spiro atoms. The van der Waals surface area contributed by atoms with E-state index in [1.807, 2.05) is 0 Å². The molecule has 0 radical (unpaired) electrons. The first-order valence-corrected chi connectivity index (χ1v) is 15.5. The molecule has 34 heteroatoms. The van der Waals surface area contributed by atoms with Gasteiger partial charge >= 0.3 is 71.6 Å². The highest BCUT2D eigenvalue weighted by Gasteiger charge is 2.92. The summed E-state index contributed by atoms with van der Waals surface area (Å²) in [7, 11) is 4.83. The summed E-state index contributed by atoms with van der Waals surface area (Å²) in [6.07, 6.45) is -20.7. The van der Waals surface area contributed by atoms with E-state index in [0.29, 0.717) is 0 Å². The van der Waals surface area contributed by atoms with Crippen LogP contribution >= 0.6 is 0 Å². The van der Waals surface area contributed by atoms with E-state index >= 15 is 0 Å². The Bertz CT molecular complexity index is 1360. The van der Waals surface area contributed by atoms with Crippen LogP contribution in [0.25, 0.3) is 0 Å². The lowest BCUT2D eigenvalue weighted by Gasteiger charge is -2.39. The highest BCUT2D eigenvalue weighted by molar-refractivity contribution is 5.77. The Morgan fingerprint density at radius 2 is 0.590 bits per heavy atom. The third-order valence-corrected chi connectivity index (χ3v) is 8.19. The van der Waals surface area contributed by atoms with Crippen LogP contribution in [-0.2, 0) is 9.59 Å². The van der Waals surface area contributed by atoms with Crippen LogP contribution in [0.3, 0.4) is 0 Å². The molecule has 0 aromatic heterocycles. The second kappa shape index (κ2) is 19.2. The summed E-state index contributed by atoms with van der Waals surface area (Å²) in [4.78, 5) is 24.3. The molecule has 0 aliphatic rings. The van der Waals surface area contributed by atoms with Crippen LogP contribution in [-0.4, -0.2) is 160 Å². The highest BCUT2D eigenvalue weighted by atomic mass is 79.9. The predicted octanol–water partition coefficient (Wildman–Crippen LogP) is 2.03. The first-order chi connectivity index (χ1) is 25.4. The molecule has 0 fully saturated rings. The zero-order valence-electron chi connectivity index (χ0n) is 30.7. The summed E-state index contributed by atoms with van der Waals surface area (Å²) < 4.78 is 343. The number of nitrogens with zero attached hydrogens (tertiary/aromatic N) is 2. The van der Waals surface area contributed by atoms with Crippen LogP contribution in [0.5, 0.6) is 0 Å². The first-order valence-electron chi connectivity index (χ1n) is 15.5.